The number of ether oxygens (including phenoxy) is 1. The molecule has 0 spiro atoms. The van der Waals surface area contributed by atoms with Gasteiger partial charge in [-0.3, -0.25) is 9.59 Å². The largest absolute Gasteiger partial charge is 0.385 e. The number of benzene rings is 2. The summed E-state index contributed by atoms with van der Waals surface area (Å²) in [5.74, 6) is 0.0427. The van der Waals surface area contributed by atoms with Crippen molar-refractivity contribution in [2.24, 2.45) is 0 Å². The van der Waals surface area contributed by atoms with E-state index in [-0.39, 0.29) is 18.4 Å². The van der Waals surface area contributed by atoms with Crippen LogP contribution in [0.25, 0.3) is 0 Å². The third kappa shape index (κ3) is 6.70. The van der Waals surface area contributed by atoms with E-state index in [2.05, 4.69) is 29.8 Å². The molecule has 3 N–H and O–H groups in total. The van der Waals surface area contributed by atoms with Gasteiger partial charge in [0.2, 0.25) is 5.91 Å². The molecule has 0 radical (unpaired) electrons. The van der Waals surface area contributed by atoms with Crippen LogP contribution in [0.5, 0.6) is 0 Å². The van der Waals surface area contributed by atoms with Crippen molar-refractivity contribution in [1.82, 2.24) is 5.32 Å². The maximum atomic E-state index is 12.3. The molecule has 28 heavy (non-hydrogen) atoms. The Balaban J connectivity index is 1.89. The maximum Gasteiger partial charge on any atom is 0.251 e. The molecule has 0 atom stereocenters. The molecule has 0 saturated heterocycles. The Morgan fingerprint density at radius 3 is 2.61 bits per heavy atom. The van der Waals surface area contributed by atoms with Gasteiger partial charge in [0.15, 0.2) is 0 Å². The normalized spacial score (nSPS) is 10.6. The van der Waals surface area contributed by atoms with Crippen LogP contribution >= 0.6 is 0 Å². The van der Waals surface area contributed by atoms with E-state index in [0.29, 0.717) is 24.6 Å². The van der Waals surface area contributed by atoms with Crippen molar-refractivity contribution in [2.75, 3.05) is 37.4 Å². The molecule has 6 nitrogen and oxygen atoms in total. The highest BCUT2D eigenvalue weighted by Gasteiger charge is 2.10. The molecule has 0 aliphatic heterocycles. The molecular formula is C22H29N3O3. The van der Waals surface area contributed by atoms with Crippen LogP contribution in [0, 0.1) is 0 Å². The monoisotopic (exact) mass is 383 g/mol. The molecule has 2 aromatic carbocycles. The van der Waals surface area contributed by atoms with Crippen LogP contribution in [0.1, 0.15) is 42.1 Å². The number of rotatable bonds is 10. The fourth-order valence-corrected chi connectivity index (χ4v) is 2.78. The van der Waals surface area contributed by atoms with Gasteiger partial charge in [-0.05, 0) is 42.2 Å². The molecule has 2 rings (SSSR count). The highest BCUT2D eigenvalue weighted by atomic mass is 16.5. The highest BCUT2D eigenvalue weighted by molar-refractivity contribution is 5.96. The molecule has 0 bridgehead atoms. The van der Waals surface area contributed by atoms with E-state index < -0.39 is 0 Å². The number of nitrogens with one attached hydrogen (secondary N) is 3. The first-order valence-electron chi connectivity index (χ1n) is 9.51. The molecule has 0 unspecified atom stereocenters. The third-order valence-electron chi connectivity index (χ3n) is 4.25. The molecule has 2 amide bonds. The lowest BCUT2D eigenvalue weighted by molar-refractivity contribution is -0.114. The molecule has 0 saturated carbocycles. The van der Waals surface area contributed by atoms with Crippen LogP contribution < -0.4 is 16.0 Å². The van der Waals surface area contributed by atoms with Gasteiger partial charge in [-0.2, -0.15) is 0 Å². The predicted octanol–water partition coefficient (Wildman–Crippen LogP) is 3.63. The summed E-state index contributed by atoms with van der Waals surface area (Å²) in [5, 5.41) is 8.87. The van der Waals surface area contributed by atoms with Crippen LogP contribution in [0.2, 0.25) is 0 Å². The summed E-state index contributed by atoms with van der Waals surface area (Å²) in [4.78, 5) is 24.5. The van der Waals surface area contributed by atoms with Crippen LogP contribution in [0.15, 0.2) is 48.5 Å². The lowest BCUT2D eigenvalue weighted by Crippen LogP contribution is -2.25. The van der Waals surface area contributed by atoms with Gasteiger partial charge in [0.05, 0.1) is 6.54 Å². The van der Waals surface area contributed by atoms with Gasteiger partial charge in [-0.25, -0.2) is 0 Å². The van der Waals surface area contributed by atoms with Gasteiger partial charge in [0.1, 0.15) is 0 Å². The Morgan fingerprint density at radius 2 is 1.86 bits per heavy atom. The summed E-state index contributed by atoms with van der Waals surface area (Å²) in [5.41, 5.74) is 3.20. The molecular weight excluding hydrogens is 354 g/mol. The fraction of sp³-hybridized carbons (Fsp3) is 0.364. The van der Waals surface area contributed by atoms with Crippen LogP contribution in [-0.4, -0.2) is 38.6 Å². The van der Waals surface area contributed by atoms with Gasteiger partial charge in [-0.15, -0.1) is 0 Å². The number of amides is 2. The number of para-hydroxylation sites is 1. The van der Waals surface area contributed by atoms with Crippen LogP contribution in [-0.2, 0) is 9.53 Å². The lowest BCUT2D eigenvalue weighted by Gasteiger charge is -2.14. The van der Waals surface area contributed by atoms with E-state index in [4.69, 9.17) is 4.74 Å². The second-order valence-corrected chi connectivity index (χ2v) is 6.83. The Kier molecular flexibility index (Phi) is 8.49. The SMILES string of the molecule is COCCCNC(=O)c1cccc(NCC(=O)Nc2ccccc2C(C)C)c1. The molecule has 0 heterocycles. The summed E-state index contributed by atoms with van der Waals surface area (Å²) < 4.78 is 4.97. The van der Waals surface area contributed by atoms with Gasteiger partial charge in [0, 0.05) is 37.2 Å². The molecule has 150 valence electrons. The van der Waals surface area contributed by atoms with E-state index in [9.17, 15) is 9.59 Å². The molecule has 6 heteroatoms. The van der Waals surface area contributed by atoms with Gasteiger partial charge in [-0.1, -0.05) is 38.1 Å². The first kappa shape index (κ1) is 21.4. The summed E-state index contributed by atoms with van der Waals surface area (Å²) in [6.45, 7) is 5.47. The molecule has 2 aromatic rings. The third-order valence-corrected chi connectivity index (χ3v) is 4.25. The molecule has 0 aliphatic rings. The maximum absolute atomic E-state index is 12.3. The summed E-state index contributed by atoms with van der Waals surface area (Å²) in [7, 11) is 1.63. The molecule has 0 aliphatic carbocycles. The van der Waals surface area contributed by atoms with Gasteiger partial charge in [0.25, 0.3) is 5.91 Å². The minimum absolute atomic E-state index is 0.116. The summed E-state index contributed by atoms with van der Waals surface area (Å²) in [6, 6.07) is 14.9. The number of hydrogen-bond acceptors (Lipinski definition) is 4. The van der Waals surface area contributed by atoms with E-state index in [0.717, 1.165) is 23.4 Å². The number of hydrogen-bond donors (Lipinski definition) is 3. The van der Waals surface area contributed by atoms with Crippen molar-refractivity contribution in [1.29, 1.82) is 0 Å². The minimum Gasteiger partial charge on any atom is -0.385 e. The van der Waals surface area contributed by atoms with Crippen LogP contribution in [0.4, 0.5) is 11.4 Å². The first-order valence-corrected chi connectivity index (χ1v) is 9.51. The zero-order chi connectivity index (χ0) is 20.4. The number of methoxy groups -OCH3 is 1. The van der Waals surface area contributed by atoms with E-state index in [1.807, 2.05) is 30.3 Å². The second-order valence-electron chi connectivity index (χ2n) is 6.83. The average Bonchev–Trinajstić information content (AvgIpc) is 2.70. The zero-order valence-electron chi connectivity index (χ0n) is 16.7. The predicted molar refractivity (Wildman–Crippen MR) is 113 cm³/mol. The van der Waals surface area contributed by atoms with Crippen molar-refractivity contribution in [3.63, 3.8) is 0 Å². The quantitative estimate of drug-likeness (QED) is 0.548. The summed E-state index contributed by atoms with van der Waals surface area (Å²) >= 11 is 0. The van der Waals surface area contributed by atoms with Crippen molar-refractivity contribution in [3.05, 3.63) is 59.7 Å². The molecule has 0 fully saturated rings. The lowest BCUT2D eigenvalue weighted by atomic mass is 10.0. The Hall–Kier alpha value is -2.86. The zero-order valence-corrected chi connectivity index (χ0v) is 16.7. The standard InChI is InChI=1S/C22H29N3O3/c1-16(2)19-10-4-5-11-20(19)25-21(26)15-24-18-9-6-8-17(14-18)22(27)23-12-7-13-28-3/h4-6,8-11,14,16,24H,7,12-13,15H2,1-3H3,(H,23,27)(H,25,26). The van der Waals surface area contributed by atoms with Crippen molar-refractivity contribution < 1.29 is 14.3 Å². The smallest absolute Gasteiger partial charge is 0.251 e. The highest BCUT2D eigenvalue weighted by Crippen LogP contribution is 2.23. The molecule has 0 aromatic heterocycles. The average molecular weight is 383 g/mol. The van der Waals surface area contributed by atoms with Gasteiger partial charge >= 0.3 is 0 Å². The summed E-state index contributed by atoms with van der Waals surface area (Å²) in [6.07, 6.45) is 0.762. The minimum atomic E-state index is -0.143. The topological polar surface area (TPSA) is 79.5 Å². The van der Waals surface area contributed by atoms with Crippen molar-refractivity contribution >= 4 is 23.2 Å². The Bertz CT molecular complexity index is 790. The Morgan fingerprint density at radius 1 is 1.07 bits per heavy atom. The number of carbonyl (C=O) groups is 2. The van der Waals surface area contributed by atoms with Gasteiger partial charge < -0.3 is 20.7 Å². The van der Waals surface area contributed by atoms with Crippen molar-refractivity contribution in [2.45, 2.75) is 26.2 Å². The van der Waals surface area contributed by atoms with E-state index in [1.165, 1.54) is 0 Å². The number of carbonyl (C=O) groups excluding carboxylic acids is 2. The van der Waals surface area contributed by atoms with Crippen LogP contribution in [0.3, 0.4) is 0 Å². The van der Waals surface area contributed by atoms with E-state index >= 15 is 0 Å². The Labute approximate surface area is 166 Å². The second kappa shape index (κ2) is 11.1. The van der Waals surface area contributed by atoms with Crippen molar-refractivity contribution in [3.8, 4) is 0 Å². The first-order chi connectivity index (χ1) is 13.5. The number of anilines is 2. The fourth-order valence-electron chi connectivity index (χ4n) is 2.78. The van der Waals surface area contributed by atoms with E-state index in [1.54, 1.807) is 25.3 Å².